The molecule has 17 heteroatoms. The van der Waals surface area contributed by atoms with E-state index in [-0.39, 0.29) is 24.7 Å². The van der Waals surface area contributed by atoms with Gasteiger partial charge in [-0.2, -0.15) is 11.8 Å². The lowest BCUT2D eigenvalue weighted by atomic mass is 10.1. The van der Waals surface area contributed by atoms with Crippen LogP contribution in [0.25, 0.3) is 0 Å². The summed E-state index contributed by atoms with van der Waals surface area (Å²) in [6.45, 7) is 9.63. The highest BCUT2D eigenvalue weighted by Crippen LogP contribution is 2.23. The maximum absolute atomic E-state index is 12.7. The fourth-order valence-corrected chi connectivity index (χ4v) is 8.15. The average Bonchev–Trinajstić information content (AvgIpc) is 3.80. The summed E-state index contributed by atoms with van der Waals surface area (Å²) >= 11 is 4.44. The van der Waals surface area contributed by atoms with Gasteiger partial charge in [-0.3, -0.25) is 19.4 Å². The van der Waals surface area contributed by atoms with Gasteiger partial charge in [-0.15, -0.1) is 20.4 Å². The minimum atomic E-state index is -0.155. The number of carbonyl (C=O) groups excluding carboxylic acids is 2. The summed E-state index contributed by atoms with van der Waals surface area (Å²) in [5.41, 5.74) is 1.74. The third-order valence-electron chi connectivity index (χ3n) is 8.20. The van der Waals surface area contributed by atoms with E-state index in [4.69, 9.17) is 18.9 Å². The van der Waals surface area contributed by atoms with Crippen LogP contribution in [-0.4, -0.2) is 127 Å². The second-order valence-corrected chi connectivity index (χ2v) is 15.4. The summed E-state index contributed by atoms with van der Waals surface area (Å²) in [6.07, 6.45) is 1.14. The molecule has 2 aromatic heterocycles. The van der Waals surface area contributed by atoms with Crippen molar-refractivity contribution in [3.05, 3.63) is 69.7 Å². The third-order valence-corrected chi connectivity index (χ3v) is 11.1. The van der Waals surface area contributed by atoms with E-state index < -0.39 is 0 Å². The van der Waals surface area contributed by atoms with Crippen LogP contribution < -0.4 is 20.1 Å². The largest absolute Gasteiger partial charge is 0.492 e. The second-order valence-electron chi connectivity index (χ2n) is 12.2. The Bertz CT molecular complexity index is 1590. The molecule has 0 bridgehead atoms. The van der Waals surface area contributed by atoms with Crippen LogP contribution in [0.3, 0.4) is 0 Å². The van der Waals surface area contributed by atoms with Gasteiger partial charge in [-0.05, 0) is 35.4 Å². The standard InChI is InChI=1S/C35H44N8O6S3/c44-30(23-26-3-1-5-28(21-26)48-18-12-42-8-14-46-15-9-42)36-34-40-38-32(51-34)7-20-50-25-33-39-41-35(52-33)37-31(45)24-27-4-2-6-29(22-27)49-19-13-43-10-16-47-17-11-43/h1-6,21-22H,7-20,23-25H2,(H,36,40,44)(H,37,41,45). The number of ether oxygens (including phenoxy) is 4. The molecule has 2 fully saturated rings. The Labute approximate surface area is 315 Å². The van der Waals surface area contributed by atoms with Crippen molar-refractivity contribution in [3.8, 4) is 11.5 Å². The van der Waals surface area contributed by atoms with Crippen molar-refractivity contribution in [1.29, 1.82) is 0 Å². The van der Waals surface area contributed by atoms with Crippen LogP contribution >= 0.6 is 34.4 Å². The lowest BCUT2D eigenvalue weighted by Crippen LogP contribution is -2.38. The molecule has 2 saturated heterocycles. The fourth-order valence-electron chi connectivity index (χ4n) is 5.51. The van der Waals surface area contributed by atoms with Crippen molar-refractivity contribution in [2.45, 2.75) is 25.0 Å². The van der Waals surface area contributed by atoms with E-state index in [0.717, 1.165) is 104 Å². The number of aryl methyl sites for hydroxylation is 1. The number of morpholine rings is 2. The monoisotopic (exact) mass is 768 g/mol. The lowest BCUT2D eigenvalue weighted by Gasteiger charge is -2.26. The summed E-state index contributed by atoms with van der Waals surface area (Å²) < 4.78 is 22.6. The van der Waals surface area contributed by atoms with Crippen molar-refractivity contribution in [3.63, 3.8) is 0 Å². The van der Waals surface area contributed by atoms with Crippen molar-refractivity contribution >= 4 is 56.5 Å². The minimum absolute atomic E-state index is 0.153. The topological polar surface area (TPSA) is 153 Å². The number of carbonyl (C=O) groups is 2. The second kappa shape index (κ2) is 20.5. The molecule has 2 aromatic carbocycles. The summed E-state index contributed by atoms with van der Waals surface area (Å²) in [5, 5.41) is 25.1. The molecule has 52 heavy (non-hydrogen) atoms. The first-order valence-electron chi connectivity index (χ1n) is 17.4. The fraction of sp³-hybridized carbons (Fsp3) is 0.486. The zero-order chi connectivity index (χ0) is 35.8. The number of aromatic nitrogens is 4. The Morgan fingerprint density at radius 2 is 1.21 bits per heavy atom. The first-order valence-corrected chi connectivity index (χ1v) is 20.2. The molecule has 0 spiro atoms. The van der Waals surface area contributed by atoms with Crippen LogP contribution in [0.1, 0.15) is 21.1 Å². The van der Waals surface area contributed by atoms with Gasteiger partial charge in [0.1, 0.15) is 34.7 Å². The first-order chi connectivity index (χ1) is 25.5. The molecule has 2 aliphatic rings. The van der Waals surface area contributed by atoms with Gasteiger partial charge in [-0.1, -0.05) is 46.9 Å². The van der Waals surface area contributed by atoms with E-state index in [1.807, 2.05) is 48.5 Å². The molecule has 0 radical (unpaired) electrons. The molecule has 6 rings (SSSR count). The Hall–Kier alpha value is -3.71. The molecule has 2 aliphatic heterocycles. The van der Waals surface area contributed by atoms with Crippen molar-refractivity contribution in [2.24, 2.45) is 0 Å². The van der Waals surface area contributed by atoms with Gasteiger partial charge in [0.25, 0.3) is 0 Å². The zero-order valence-corrected chi connectivity index (χ0v) is 31.4. The zero-order valence-electron chi connectivity index (χ0n) is 29.0. The number of hydrogen-bond acceptors (Lipinski definition) is 15. The van der Waals surface area contributed by atoms with E-state index >= 15 is 0 Å². The normalized spacial score (nSPS) is 15.3. The first kappa shape index (κ1) is 38.0. The predicted molar refractivity (Wildman–Crippen MR) is 203 cm³/mol. The molecule has 0 unspecified atom stereocenters. The molecule has 4 heterocycles. The summed E-state index contributed by atoms with van der Waals surface area (Å²) in [7, 11) is 0. The highest BCUT2D eigenvalue weighted by molar-refractivity contribution is 7.98. The van der Waals surface area contributed by atoms with Crippen molar-refractivity contribution in [2.75, 3.05) is 95.3 Å². The van der Waals surface area contributed by atoms with Gasteiger partial charge >= 0.3 is 0 Å². The predicted octanol–water partition coefficient (Wildman–Crippen LogP) is 3.65. The van der Waals surface area contributed by atoms with Crippen LogP contribution in [0.4, 0.5) is 10.3 Å². The molecule has 0 saturated carbocycles. The molecule has 2 N–H and O–H groups in total. The lowest BCUT2D eigenvalue weighted by molar-refractivity contribution is -0.116. The van der Waals surface area contributed by atoms with E-state index in [2.05, 4.69) is 40.8 Å². The van der Waals surface area contributed by atoms with Crippen LogP contribution in [0.15, 0.2) is 48.5 Å². The molecular weight excluding hydrogens is 725 g/mol. The molecule has 278 valence electrons. The Morgan fingerprint density at radius 1 is 0.712 bits per heavy atom. The van der Waals surface area contributed by atoms with Gasteiger partial charge < -0.3 is 29.6 Å². The Morgan fingerprint density at radius 3 is 1.75 bits per heavy atom. The Kier molecular flexibility index (Phi) is 15.0. The molecular formula is C35H44N8O6S3. The summed E-state index contributed by atoms with van der Waals surface area (Å²) in [6, 6.07) is 15.3. The van der Waals surface area contributed by atoms with Gasteiger partial charge in [0, 0.05) is 57.2 Å². The third kappa shape index (κ3) is 13.1. The molecule has 14 nitrogen and oxygen atoms in total. The minimum Gasteiger partial charge on any atom is -0.492 e. The van der Waals surface area contributed by atoms with Crippen molar-refractivity contribution in [1.82, 2.24) is 30.2 Å². The van der Waals surface area contributed by atoms with Crippen LogP contribution in [0.2, 0.25) is 0 Å². The smallest absolute Gasteiger partial charge is 0.230 e. The maximum atomic E-state index is 12.7. The Balaban J connectivity index is 0.846. The number of hydrogen-bond donors (Lipinski definition) is 2. The maximum Gasteiger partial charge on any atom is 0.230 e. The highest BCUT2D eigenvalue weighted by atomic mass is 32.2. The van der Waals surface area contributed by atoms with Gasteiger partial charge in [0.15, 0.2) is 0 Å². The highest BCUT2D eigenvalue weighted by Gasteiger charge is 2.14. The van der Waals surface area contributed by atoms with E-state index in [1.54, 1.807) is 11.8 Å². The number of rotatable bonds is 19. The van der Waals surface area contributed by atoms with Crippen LogP contribution in [0.5, 0.6) is 11.5 Å². The summed E-state index contributed by atoms with van der Waals surface area (Å²) in [4.78, 5) is 30.1. The van der Waals surface area contributed by atoms with Gasteiger partial charge in [0.2, 0.25) is 22.1 Å². The number of anilines is 2. The van der Waals surface area contributed by atoms with Gasteiger partial charge in [-0.25, -0.2) is 0 Å². The van der Waals surface area contributed by atoms with E-state index in [1.165, 1.54) is 22.7 Å². The van der Waals surface area contributed by atoms with E-state index in [0.29, 0.717) is 35.7 Å². The molecule has 4 aromatic rings. The SMILES string of the molecule is O=C(Cc1cccc(OCCN2CCOCC2)c1)Nc1nnc(CCSCc2nnc(NC(=O)Cc3cccc(OCCN4CCOCC4)c3)s2)s1. The van der Waals surface area contributed by atoms with Crippen molar-refractivity contribution < 1.29 is 28.5 Å². The van der Waals surface area contributed by atoms with E-state index in [9.17, 15) is 9.59 Å². The molecule has 2 amide bonds. The number of nitrogens with one attached hydrogen (secondary N) is 2. The summed E-state index contributed by atoms with van der Waals surface area (Å²) in [5.74, 6) is 2.66. The average molecular weight is 769 g/mol. The van der Waals surface area contributed by atoms with Crippen LogP contribution in [-0.2, 0) is 44.1 Å². The molecule has 0 aliphatic carbocycles. The number of nitrogens with zero attached hydrogens (tertiary/aromatic N) is 6. The quantitative estimate of drug-likeness (QED) is 0.134. The van der Waals surface area contributed by atoms with Gasteiger partial charge in [0.05, 0.1) is 39.3 Å². The number of amides is 2. The molecule has 0 atom stereocenters. The number of benzene rings is 2. The van der Waals surface area contributed by atoms with Crippen LogP contribution in [0, 0.1) is 0 Å². The number of thioether (sulfide) groups is 1.